The SMILES string of the molecule is C[C+]1CCC[C@]2(C)CC3=C(C[C@H]12)C(=O)C=CC3=O. The molecule has 0 aromatic carbocycles. The van der Waals surface area contributed by atoms with Crippen molar-refractivity contribution in [3.8, 4) is 0 Å². The van der Waals surface area contributed by atoms with Crippen LogP contribution in [0.4, 0.5) is 0 Å². The molecule has 2 atom stereocenters. The van der Waals surface area contributed by atoms with Crippen molar-refractivity contribution in [2.75, 3.05) is 0 Å². The zero-order valence-corrected chi connectivity index (χ0v) is 11.1. The first-order valence-electron chi connectivity index (χ1n) is 6.82. The van der Waals surface area contributed by atoms with Gasteiger partial charge in [-0.3, -0.25) is 9.59 Å². The third-order valence-electron chi connectivity index (χ3n) is 5.09. The van der Waals surface area contributed by atoms with Gasteiger partial charge in [0.25, 0.3) is 0 Å². The van der Waals surface area contributed by atoms with Crippen molar-refractivity contribution in [3.63, 3.8) is 0 Å². The van der Waals surface area contributed by atoms with Gasteiger partial charge in [0.1, 0.15) is 5.92 Å². The number of fused-ring (bicyclic) bond motifs is 1. The molecule has 0 aromatic rings. The number of allylic oxidation sites excluding steroid dienone is 4. The van der Waals surface area contributed by atoms with Crippen molar-refractivity contribution in [2.45, 2.75) is 46.0 Å². The monoisotopic (exact) mass is 243 g/mol. The number of carbonyl (C=O) groups is 2. The molecule has 0 aromatic heterocycles. The average molecular weight is 243 g/mol. The van der Waals surface area contributed by atoms with Crippen LogP contribution < -0.4 is 0 Å². The highest BCUT2D eigenvalue weighted by Crippen LogP contribution is 2.55. The van der Waals surface area contributed by atoms with Gasteiger partial charge in [-0.15, -0.1) is 0 Å². The summed E-state index contributed by atoms with van der Waals surface area (Å²) in [5, 5.41) is 0. The van der Waals surface area contributed by atoms with Crippen LogP contribution in [0.3, 0.4) is 0 Å². The summed E-state index contributed by atoms with van der Waals surface area (Å²) in [4.78, 5) is 23.9. The second-order valence-corrected chi connectivity index (χ2v) is 6.31. The summed E-state index contributed by atoms with van der Waals surface area (Å²) in [6, 6.07) is 0. The Balaban J connectivity index is 2.02. The van der Waals surface area contributed by atoms with Gasteiger partial charge in [0, 0.05) is 23.0 Å². The topological polar surface area (TPSA) is 34.1 Å². The maximum absolute atomic E-state index is 12.0. The van der Waals surface area contributed by atoms with Gasteiger partial charge >= 0.3 is 0 Å². The molecule has 0 spiro atoms. The largest absolute Gasteiger partial charge is 0.290 e. The van der Waals surface area contributed by atoms with E-state index in [1.165, 1.54) is 37.3 Å². The predicted octanol–water partition coefficient (Wildman–Crippen LogP) is 3.19. The Bertz CT molecular complexity index is 483. The van der Waals surface area contributed by atoms with E-state index in [1.807, 2.05) is 0 Å². The molecule has 0 radical (unpaired) electrons. The Morgan fingerprint density at radius 2 is 1.89 bits per heavy atom. The van der Waals surface area contributed by atoms with Crippen LogP contribution in [-0.2, 0) is 9.59 Å². The highest BCUT2D eigenvalue weighted by atomic mass is 16.1. The zero-order chi connectivity index (χ0) is 12.9. The highest BCUT2D eigenvalue weighted by Gasteiger charge is 2.52. The average Bonchev–Trinajstić information content (AvgIpc) is 2.33. The fourth-order valence-electron chi connectivity index (χ4n) is 4.02. The lowest BCUT2D eigenvalue weighted by atomic mass is 9.55. The molecule has 1 fully saturated rings. The number of carbonyl (C=O) groups excluding carboxylic acids is 2. The molecule has 18 heavy (non-hydrogen) atoms. The van der Waals surface area contributed by atoms with Gasteiger partial charge in [-0.2, -0.15) is 0 Å². The molecule has 0 saturated heterocycles. The van der Waals surface area contributed by atoms with Crippen LogP contribution >= 0.6 is 0 Å². The van der Waals surface area contributed by atoms with E-state index < -0.39 is 0 Å². The van der Waals surface area contributed by atoms with E-state index in [0.29, 0.717) is 5.92 Å². The van der Waals surface area contributed by atoms with Crippen molar-refractivity contribution in [1.82, 2.24) is 0 Å². The van der Waals surface area contributed by atoms with E-state index in [2.05, 4.69) is 13.8 Å². The molecule has 3 aliphatic carbocycles. The highest BCUT2D eigenvalue weighted by molar-refractivity contribution is 6.20. The van der Waals surface area contributed by atoms with Gasteiger partial charge in [-0.25, -0.2) is 0 Å². The first-order chi connectivity index (χ1) is 8.51. The van der Waals surface area contributed by atoms with Crippen molar-refractivity contribution in [3.05, 3.63) is 29.2 Å². The summed E-state index contributed by atoms with van der Waals surface area (Å²) in [7, 11) is 0. The fourth-order valence-corrected chi connectivity index (χ4v) is 4.02. The smallest absolute Gasteiger partial charge is 0.182 e. The molecule has 0 N–H and O–H groups in total. The Morgan fingerprint density at radius 3 is 2.61 bits per heavy atom. The molecule has 2 nitrogen and oxygen atoms in total. The van der Waals surface area contributed by atoms with E-state index in [9.17, 15) is 9.59 Å². The molecule has 1 saturated carbocycles. The Hall–Kier alpha value is -1.31. The summed E-state index contributed by atoms with van der Waals surface area (Å²) in [5.41, 5.74) is 1.80. The van der Waals surface area contributed by atoms with E-state index >= 15 is 0 Å². The lowest BCUT2D eigenvalue weighted by Crippen LogP contribution is -2.41. The summed E-state index contributed by atoms with van der Waals surface area (Å²) in [6.07, 6.45) is 8.05. The number of hydrogen-bond acceptors (Lipinski definition) is 2. The molecule has 94 valence electrons. The van der Waals surface area contributed by atoms with Crippen LogP contribution in [0, 0.1) is 17.3 Å². The Morgan fingerprint density at radius 1 is 1.22 bits per heavy atom. The molecule has 0 unspecified atom stereocenters. The van der Waals surface area contributed by atoms with Crippen molar-refractivity contribution >= 4 is 11.6 Å². The van der Waals surface area contributed by atoms with Gasteiger partial charge < -0.3 is 0 Å². The van der Waals surface area contributed by atoms with Crippen molar-refractivity contribution in [2.24, 2.45) is 11.3 Å². The van der Waals surface area contributed by atoms with Crippen LogP contribution in [0.25, 0.3) is 0 Å². The van der Waals surface area contributed by atoms with Crippen LogP contribution in [-0.4, -0.2) is 11.6 Å². The minimum Gasteiger partial charge on any atom is -0.290 e. The van der Waals surface area contributed by atoms with Crippen LogP contribution in [0.1, 0.15) is 46.0 Å². The quantitative estimate of drug-likeness (QED) is 0.483. The zero-order valence-electron chi connectivity index (χ0n) is 11.1. The second kappa shape index (κ2) is 3.84. The number of ketones is 2. The first-order valence-corrected chi connectivity index (χ1v) is 6.82. The van der Waals surface area contributed by atoms with Gasteiger partial charge in [-0.05, 0) is 31.4 Å². The molecular weight excluding hydrogens is 224 g/mol. The minimum atomic E-state index is 0.0602. The maximum Gasteiger partial charge on any atom is 0.182 e. The van der Waals surface area contributed by atoms with Gasteiger partial charge in [0.15, 0.2) is 11.6 Å². The van der Waals surface area contributed by atoms with Gasteiger partial charge in [0.05, 0.1) is 19.3 Å². The number of hydrogen-bond donors (Lipinski definition) is 0. The summed E-state index contributed by atoms with van der Waals surface area (Å²) >= 11 is 0. The third-order valence-corrected chi connectivity index (χ3v) is 5.09. The predicted molar refractivity (Wildman–Crippen MR) is 69.8 cm³/mol. The van der Waals surface area contributed by atoms with Crippen molar-refractivity contribution < 1.29 is 9.59 Å². The molecule has 0 heterocycles. The van der Waals surface area contributed by atoms with Crippen molar-refractivity contribution in [1.29, 1.82) is 0 Å². The van der Waals surface area contributed by atoms with Crippen LogP contribution in [0.15, 0.2) is 23.3 Å². The molecule has 0 aliphatic heterocycles. The Labute approximate surface area is 108 Å². The van der Waals surface area contributed by atoms with E-state index in [0.717, 1.165) is 24.0 Å². The molecule has 3 aliphatic rings. The summed E-state index contributed by atoms with van der Waals surface area (Å²) in [5.74, 6) is 2.14. The molecular formula is C16H19O2+. The van der Waals surface area contributed by atoms with Crippen LogP contribution in [0.2, 0.25) is 0 Å². The standard InChI is InChI=1S/C16H19O2/c1-10-4-3-7-16(2)9-12-11(8-13(10)16)14(17)5-6-15(12)18/h5-6,13H,3-4,7-9H2,1-2H3/q+1/t13-,16-/m1/s1. The maximum atomic E-state index is 12.0. The van der Waals surface area contributed by atoms with E-state index in [-0.39, 0.29) is 17.0 Å². The number of rotatable bonds is 0. The Kier molecular flexibility index (Phi) is 2.51. The van der Waals surface area contributed by atoms with E-state index in [1.54, 1.807) is 0 Å². The molecule has 0 bridgehead atoms. The molecule has 0 amide bonds. The van der Waals surface area contributed by atoms with Gasteiger partial charge in [0.2, 0.25) is 0 Å². The fraction of sp³-hybridized carbons (Fsp3) is 0.562. The normalized spacial score (nSPS) is 35.7. The first kappa shape index (κ1) is 11.8. The summed E-state index contributed by atoms with van der Waals surface area (Å²) in [6.45, 7) is 4.51. The second-order valence-electron chi connectivity index (χ2n) is 6.31. The molecule has 2 heteroatoms. The molecule has 3 rings (SSSR count). The lowest BCUT2D eigenvalue weighted by molar-refractivity contribution is -0.116. The third kappa shape index (κ3) is 1.58. The van der Waals surface area contributed by atoms with E-state index in [4.69, 9.17) is 0 Å². The van der Waals surface area contributed by atoms with Gasteiger partial charge in [-0.1, -0.05) is 6.92 Å². The summed E-state index contributed by atoms with van der Waals surface area (Å²) < 4.78 is 0. The minimum absolute atomic E-state index is 0.0602. The van der Waals surface area contributed by atoms with Crippen LogP contribution in [0.5, 0.6) is 0 Å². The lowest BCUT2D eigenvalue weighted by Gasteiger charge is -2.43.